The summed E-state index contributed by atoms with van der Waals surface area (Å²) < 4.78 is 49.1. The van der Waals surface area contributed by atoms with Crippen molar-refractivity contribution in [1.29, 1.82) is 0 Å². The molecule has 0 amide bonds. The summed E-state index contributed by atoms with van der Waals surface area (Å²) in [6.45, 7) is 1.61. The van der Waals surface area contributed by atoms with Crippen LogP contribution in [0, 0.1) is 5.82 Å². The molecule has 9 nitrogen and oxygen atoms in total. The van der Waals surface area contributed by atoms with Crippen molar-refractivity contribution in [3.8, 4) is 22.6 Å². The molecule has 0 aliphatic carbocycles. The molecular weight excluding hydrogens is 499 g/mol. The van der Waals surface area contributed by atoms with E-state index in [4.69, 9.17) is 4.42 Å². The fraction of sp³-hybridized carbons (Fsp3) is 0.269. The molecular formula is C26H22F3N7O2. The average Bonchev–Trinajstić information content (AvgIpc) is 3.54. The van der Waals surface area contributed by atoms with E-state index < -0.39 is 18.1 Å². The lowest BCUT2D eigenvalue weighted by molar-refractivity contribution is 0.116. The second kappa shape index (κ2) is 9.86. The molecule has 12 heteroatoms. The molecule has 194 valence electrons. The molecule has 1 aromatic carbocycles. The third-order valence-corrected chi connectivity index (χ3v) is 6.70. The minimum absolute atomic E-state index is 0.0763. The molecule has 0 spiro atoms. The molecule has 5 aromatic rings. The Morgan fingerprint density at radius 2 is 1.92 bits per heavy atom. The van der Waals surface area contributed by atoms with Crippen LogP contribution in [0.2, 0.25) is 0 Å². The van der Waals surface area contributed by atoms with Crippen molar-refractivity contribution in [2.24, 2.45) is 0 Å². The van der Waals surface area contributed by atoms with Gasteiger partial charge in [0.1, 0.15) is 5.82 Å². The monoisotopic (exact) mass is 521 g/mol. The van der Waals surface area contributed by atoms with Gasteiger partial charge < -0.3 is 9.73 Å². The second-order valence-electron chi connectivity index (χ2n) is 9.08. The summed E-state index contributed by atoms with van der Waals surface area (Å²) in [5.41, 5.74) is 2.78. The summed E-state index contributed by atoms with van der Waals surface area (Å²) in [4.78, 5) is 22.1. The molecule has 1 unspecified atom stereocenters. The van der Waals surface area contributed by atoms with Gasteiger partial charge in [-0.15, -0.1) is 10.2 Å². The zero-order valence-electron chi connectivity index (χ0n) is 20.0. The number of piperidine rings is 1. The summed E-state index contributed by atoms with van der Waals surface area (Å²) in [5.74, 6) is -1.30. The number of alkyl halides is 2. The molecule has 6 rings (SSSR count). The first kappa shape index (κ1) is 24.0. The minimum Gasteiger partial charge on any atom is -0.415 e. The van der Waals surface area contributed by atoms with Crippen LogP contribution in [0.5, 0.6) is 0 Å². The molecule has 0 saturated carbocycles. The fourth-order valence-electron chi connectivity index (χ4n) is 4.85. The van der Waals surface area contributed by atoms with Gasteiger partial charge >= 0.3 is 12.1 Å². The van der Waals surface area contributed by atoms with Crippen molar-refractivity contribution in [2.45, 2.75) is 31.9 Å². The third-order valence-electron chi connectivity index (χ3n) is 6.70. The largest absolute Gasteiger partial charge is 0.415 e. The number of nitrogens with one attached hydrogen (secondary N) is 1. The van der Waals surface area contributed by atoms with Crippen LogP contribution in [0.1, 0.15) is 36.9 Å². The van der Waals surface area contributed by atoms with Gasteiger partial charge in [-0.3, -0.25) is 19.1 Å². The van der Waals surface area contributed by atoms with Gasteiger partial charge in [0.15, 0.2) is 0 Å². The molecule has 1 saturated heterocycles. The van der Waals surface area contributed by atoms with Gasteiger partial charge in [0.05, 0.1) is 34.9 Å². The van der Waals surface area contributed by atoms with E-state index in [2.05, 4.69) is 25.5 Å². The van der Waals surface area contributed by atoms with Crippen LogP contribution in [0.4, 0.5) is 13.2 Å². The second-order valence-corrected chi connectivity index (χ2v) is 9.08. The standard InChI is InChI=1S/C26H22F3N7O2/c27-20-11-21-22(10-19(20)15-5-8-30-9-6-15)36(18-2-1-7-31-13-18)26(37)35(21)14-17-4-3-16(12-32-17)24-33-34-25(38-24)23(28)29/h3-6,8-12,18,23,31H,1-2,7,13-14H2. The van der Waals surface area contributed by atoms with E-state index in [0.717, 1.165) is 19.4 Å². The summed E-state index contributed by atoms with van der Waals surface area (Å²) in [6, 6.07) is 9.73. The number of imidazole rings is 1. The molecule has 4 aromatic heterocycles. The van der Waals surface area contributed by atoms with Gasteiger partial charge in [0.25, 0.3) is 5.89 Å². The van der Waals surface area contributed by atoms with E-state index in [-0.39, 0.29) is 24.2 Å². The highest BCUT2D eigenvalue weighted by Crippen LogP contribution is 2.30. The topological polar surface area (TPSA) is 104 Å². The van der Waals surface area contributed by atoms with E-state index in [9.17, 15) is 13.6 Å². The van der Waals surface area contributed by atoms with Gasteiger partial charge in [-0.1, -0.05) is 0 Å². The van der Waals surface area contributed by atoms with Crippen LogP contribution in [-0.4, -0.2) is 42.4 Å². The van der Waals surface area contributed by atoms with Crippen molar-refractivity contribution in [1.82, 2.24) is 34.6 Å². The molecule has 38 heavy (non-hydrogen) atoms. The van der Waals surface area contributed by atoms with E-state index in [1.807, 2.05) is 0 Å². The van der Waals surface area contributed by atoms with E-state index in [1.165, 1.54) is 16.8 Å². The van der Waals surface area contributed by atoms with Crippen LogP contribution >= 0.6 is 0 Å². The van der Waals surface area contributed by atoms with E-state index in [0.29, 0.717) is 40.0 Å². The lowest BCUT2D eigenvalue weighted by Gasteiger charge is -2.24. The number of fused-ring (bicyclic) bond motifs is 1. The van der Waals surface area contributed by atoms with Crippen molar-refractivity contribution >= 4 is 11.0 Å². The summed E-state index contributed by atoms with van der Waals surface area (Å²) in [7, 11) is 0. The lowest BCUT2D eigenvalue weighted by Crippen LogP contribution is -2.37. The number of halogens is 3. The van der Waals surface area contributed by atoms with Crippen molar-refractivity contribution in [3.05, 3.63) is 82.9 Å². The smallest absolute Gasteiger partial charge is 0.329 e. The Morgan fingerprint density at radius 3 is 2.61 bits per heavy atom. The molecule has 5 heterocycles. The predicted molar refractivity (Wildman–Crippen MR) is 132 cm³/mol. The number of hydrogen-bond acceptors (Lipinski definition) is 7. The van der Waals surface area contributed by atoms with Gasteiger partial charge in [-0.05, 0) is 55.3 Å². The molecule has 0 radical (unpaired) electrons. The number of nitrogens with zero attached hydrogens (tertiary/aromatic N) is 6. The van der Waals surface area contributed by atoms with Gasteiger partial charge in [-0.25, -0.2) is 9.18 Å². The average molecular weight is 522 g/mol. The third kappa shape index (κ3) is 4.36. The lowest BCUT2D eigenvalue weighted by atomic mass is 10.0. The molecule has 1 aliphatic rings. The number of benzene rings is 1. The fourth-order valence-corrected chi connectivity index (χ4v) is 4.85. The number of pyridine rings is 2. The Morgan fingerprint density at radius 1 is 1.08 bits per heavy atom. The van der Waals surface area contributed by atoms with Crippen LogP contribution in [0.15, 0.2) is 64.2 Å². The molecule has 1 atom stereocenters. The Hall–Kier alpha value is -4.32. The summed E-state index contributed by atoms with van der Waals surface area (Å²) in [5, 5.41) is 10.3. The Balaban J connectivity index is 1.41. The highest BCUT2D eigenvalue weighted by molar-refractivity contribution is 5.83. The van der Waals surface area contributed by atoms with Crippen molar-refractivity contribution in [3.63, 3.8) is 0 Å². The maximum atomic E-state index is 15.4. The van der Waals surface area contributed by atoms with Crippen LogP contribution in [0.25, 0.3) is 33.6 Å². The van der Waals surface area contributed by atoms with Crippen molar-refractivity contribution < 1.29 is 17.6 Å². The minimum atomic E-state index is -2.87. The molecule has 1 N–H and O–H groups in total. The number of aromatic nitrogens is 6. The van der Waals surface area contributed by atoms with E-state index in [1.54, 1.807) is 47.3 Å². The quantitative estimate of drug-likeness (QED) is 0.354. The van der Waals surface area contributed by atoms with Gasteiger partial charge in [0.2, 0.25) is 5.89 Å². The highest BCUT2D eigenvalue weighted by atomic mass is 19.3. The molecule has 0 bridgehead atoms. The van der Waals surface area contributed by atoms with Crippen LogP contribution in [-0.2, 0) is 6.54 Å². The summed E-state index contributed by atoms with van der Waals surface area (Å²) in [6.07, 6.45) is 3.49. The normalized spacial score (nSPS) is 15.9. The van der Waals surface area contributed by atoms with Gasteiger partial charge in [-0.2, -0.15) is 8.78 Å². The predicted octanol–water partition coefficient (Wildman–Crippen LogP) is 4.36. The first-order chi connectivity index (χ1) is 18.5. The van der Waals surface area contributed by atoms with Crippen LogP contribution < -0.4 is 11.0 Å². The molecule has 1 aliphatic heterocycles. The summed E-state index contributed by atoms with van der Waals surface area (Å²) >= 11 is 0. The van der Waals surface area contributed by atoms with Crippen molar-refractivity contribution in [2.75, 3.05) is 13.1 Å². The number of rotatable bonds is 6. The van der Waals surface area contributed by atoms with E-state index >= 15 is 4.39 Å². The Kier molecular flexibility index (Phi) is 6.24. The highest BCUT2D eigenvalue weighted by Gasteiger charge is 2.24. The van der Waals surface area contributed by atoms with Crippen LogP contribution in [0.3, 0.4) is 0 Å². The zero-order valence-corrected chi connectivity index (χ0v) is 20.0. The first-order valence-electron chi connectivity index (χ1n) is 12.1. The Labute approximate surface area is 214 Å². The molecule has 1 fully saturated rings. The maximum Gasteiger partial charge on any atom is 0.329 e. The number of hydrogen-bond donors (Lipinski definition) is 1. The van der Waals surface area contributed by atoms with Gasteiger partial charge in [0, 0.05) is 36.8 Å². The first-order valence-corrected chi connectivity index (χ1v) is 12.1. The maximum absolute atomic E-state index is 15.4. The SMILES string of the molecule is O=c1n(Cc2ccc(-c3nnc(C(F)F)o3)cn2)c2cc(F)c(-c3ccncc3)cc2n1C1CCCNC1. The Bertz CT molecular complexity index is 1640. The zero-order chi connectivity index (χ0) is 26.2.